The number of para-hydroxylation sites is 1. The van der Waals surface area contributed by atoms with Gasteiger partial charge in [0.1, 0.15) is 6.04 Å². The van der Waals surface area contributed by atoms with Crippen molar-refractivity contribution in [2.45, 2.75) is 25.9 Å². The van der Waals surface area contributed by atoms with Crippen LogP contribution in [-0.4, -0.2) is 22.8 Å². The fourth-order valence-electron chi connectivity index (χ4n) is 2.45. The molecular formula is C16H16N2O2S. The molecule has 0 radical (unpaired) electrons. The van der Waals surface area contributed by atoms with Gasteiger partial charge < -0.3 is 10.2 Å². The topological polar surface area (TPSA) is 49.4 Å². The zero-order chi connectivity index (χ0) is 14.8. The number of nitrogens with one attached hydrogen (secondary N) is 1. The summed E-state index contributed by atoms with van der Waals surface area (Å²) in [5.41, 5.74) is 2.75. The Hall–Kier alpha value is -2.14. The van der Waals surface area contributed by atoms with Crippen molar-refractivity contribution >= 4 is 28.8 Å². The Labute approximate surface area is 127 Å². The van der Waals surface area contributed by atoms with Crippen LogP contribution < -0.4 is 5.32 Å². The Morgan fingerprint density at radius 3 is 2.95 bits per heavy atom. The van der Waals surface area contributed by atoms with Crippen molar-refractivity contribution in [2.75, 3.05) is 5.32 Å². The minimum atomic E-state index is -0.469. The summed E-state index contributed by atoms with van der Waals surface area (Å²) in [5.74, 6) is -0.161. The van der Waals surface area contributed by atoms with Gasteiger partial charge in [-0.25, -0.2) is 0 Å². The number of benzene rings is 1. The molecule has 0 saturated heterocycles. The van der Waals surface area contributed by atoms with Crippen molar-refractivity contribution in [3.8, 4) is 0 Å². The number of hydrogen-bond donors (Lipinski definition) is 1. The third-order valence-electron chi connectivity index (χ3n) is 3.72. The standard InChI is InChI=1S/C16H16N2O2S/c1-11-16(20)17-14-5-3-2-4-13(14)9-18(11)15(19)8-12-6-7-21-10-12/h2-7,10-11H,8-9H2,1H3,(H,17,20). The van der Waals surface area contributed by atoms with Crippen LogP contribution in [0.1, 0.15) is 18.1 Å². The van der Waals surface area contributed by atoms with E-state index in [1.165, 1.54) is 0 Å². The first-order valence-electron chi connectivity index (χ1n) is 6.84. The summed E-state index contributed by atoms with van der Waals surface area (Å²) in [5, 5.41) is 6.81. The first-order valence-corrected chi connectivity index (χ1v) is 7.79. The molecule has 21 heavy (non-hydrogen) atoms. The Morgan fingerprint density at radius 1 is 1.38 bits per heavy atom. The molecule has 1 aliphatic rings. The molecule has 4 nitrogen and oxygen atoms in total. The number of fused-ring (bicyclic) bond motifs is 1. The third kappa shape index (κ3) is 2.83. The Bertz CT molecular complexity index is 667. The fraction of sp³-hybridized carbons (Fsp3) is 0.250. The molecule has 1 aromatic heterocycles. The minimum Gasteiger partial charge on any atom is -0.326 e. The van der Waals surface area contributed by atoms with Crippen LogP contribution in [0.25, 0.3) is 0 Å². The van der Waals surface area contributed by atoms with Crippen LogP contribution in [0, 0.1) is 0 Å². The van der Waals surface area contributed by atoms with Crippen LogP contribution in [0.3, 0.4) is 0 Å². The van der Waals surface area contributed by atoms with E-state index in [0.29, 0.717) is 13.0 Å². The van der Waals surface area contributed by atoms with Crippen LogP contribution in [-0.2, 0) is 22.6 Å². The summed E-state index contributed by atoms with van der Waals surface area (Å²) in [4.78, 5) is 26.4. The highest BCUT2D eigenvalue weighted by Crippen LogP contribution is 2.23. The van der Waals surface area contributed by atoms with Crippen molar-refractivity contribution in [1.29, 1.82) is 0 Å². The van der Waals surface area contributed by atoms with Crippen LogP contribution in [0.4, 0.5) is 5.69 Å². The van der Waals surface area contributed by atoms with Gasteiger partial charge >= 0.3 is 0 Å². The second kappa shape index (κ2) is 5.69. The van der Waals surface area contributed by atoms with Gasteiger partial charge in [0, 0.05) is 12.2 Å². The Kier molecular flexibility index (Phi) is 3.75. The quantitative estimate of drug-likeness (QED) is 0.927. The monoisotopic (exact) mass is 300 g/mol. The lowest BCUT2D eigenvalue weighted by atomic mass is 10.1. The van der Waals surface area contributed by atoms with Gasteiger partial charge in [-0.1, -0.05) is 18.2 Å². The van der Waals surface area contributed by atoms with Gasteiger partial charge in [-0.3, -0.25) is 9.59 Å². The van der Waals surface area contributed by atoms with E-state index in [2.05, 4.69) is 5.32 Å². The van der Waals surface area contributed by atoms with Gasteiger partial charge in [0.2, 0.25) is 11.8 Å². The zero-order valence-electron chi connectivity index (χ0n) is 11.7. The predicted octanol–water partition coefficient (Wildman–Crippen LogP) is 2.66. The van der Waals surface area contributed by atoms with Crippen molar-refractivity contribution in [1.82, 2.24) is 4.90 Å². The molecule has 2 amide bonds. The third-order valence-corrected chi connectivity index (χ3v) is 4.45. The molecule has 2 heterocycles. The maximum atomic E-state index is 12.5. The molecule has 1 N–H and O–H groups in total. The maximum Gasteiger partial charge on any atom is 0.246 e. The van der Waals surface area contributed by atoms with Gasteiger partial charge in [-0.15, -0.1) is 0 Å². The van der Waals surface area contributed by atoms with E-state index in [9.17, 15) is 9.59 Å². The molecule has 0 bridgehead atoms. The van der Waals surface area contributed by atoms with Crippen molar-refractivity contribution < 1.29 is 9.59 Å². The summed E-state index contributed by atoms with van der Waals surface area (Å²) in [6.45, 7) is 2.23. The number of hydrogen-bond acceptors (Lipinski definition) is 3. The lowest BCUT2D eigenvalue weighted by Crippen LogP contribution is -2.43. The molecule has 1 atom stereocenters. The highest BCUT2D eigenvalue weighted by atomic mass is 32.1. The first kappa shape index (κ1) is 13.8. The number of carbonyl (C=O) groups is 2. The molecule has 1 aliphatic heterocycles. The van der Waals surface area contributed by atoms with E-state index in [1.54, 1.807) is 23.2 Å². The average molecular weight is 300 g/mol. The van der Waals surface area contributed by atoms with E-state index >= 15 is 0 Å². The molecule has 0 fully saturated rings. The van der Waals surface area contributed by atoms with E-state index in [1.807, 2.05) is 41.1 Å². The van der Waals surface area contributed by atoms with Crippen molar-refractivity contribution in [3.63, 3.8) is 0 Å². The van der Waals surface area contributed by atoms with Gasteiger partial charge in [-0.05, 0) is 40.9 Å². The zero-order valence-corrected chi connectivity index (χ0v) is 12.5. The molecule has 2 aromatic rings. The number of anilines is 1. The molecule has 5 heteroatoms. The van der Waals surface area contributed by atoms with Crippen LogP contribution in [0.2, 0.25) is 0 Å². The number of rotatable bonds is 2. The Balaban J connectivity index is 1.86. The second-order valence-corrected chi connectivity index (χ2v) is 5.93. The summed E-state index contributed by atoms with van der Waals surface area (Å²) in [6.07, 6.45) is 0.337. The van der Waals surface area contributed by atoms with Gasteiger partial charge in [0.25, 0.3) is 0 Å². The van der Waals surface area contributed by atoms with Gasteiger partial charge in [0.05, 0.1) is 6.42 Å². The second-order valence-electron chi connectivity index (χ2n) is 5.15. The highest BCUT2D eigenvalue weighted by Gasteiger charge is 2.29. The van der Waals surface area contributed by atoms with Crippen molar-refractivity contribution in [3.05, 3.63) is 52.2 Å². The first-order chi connectivity index (χ1) is 10.1. The molecule has 0 saturated carbocycles. The molecule has 108 valence electrons. The van der Waals surface area contributed by atoms with Crippen LogP contribution in [0.15, 0.2) is 41.1 Å². The summed E-state index contributed by atoms with van der Waals surface area (Å²) in [7, 11) is 0. The molecular weight excluding hydrogens is 284 g/mol. The molecule has 0 aliphatic carbocycles. The number of amides is 2. The molecule has 0 spiro atoms. The number of carbonyl (C=O) groups excluding carboxylic acids is 2. The lowest BCUT2D eigenvalue weighted by molar-refractivity contribution is -0.137. The van der Waals surface area contributed by atoms with Gasteiger partial charge in [-0.2, -0.15) is 11.3 Å². The van der Waals surface area contributed by atoms with E-state index in [4.69, 9.17) is 0 Å². The number of nitrogens with zero attached hydrogens (tertiary/aromatic N) is 1. The summed E-state index contributed by atoms with van der Waals surface area (Å²) >= 11 is 1.57. The predicted molar refractivity (Wildman–Crippen MR) is 83.1 cm³/mol. The van der Waals surface area contributed by atoms with E-state index < -0.39 is 6.04 Å². The summed E-state index contributed by atoms with van der Waals surface area (Å²) < 4.78 is 0. The van der Waals surface area contributed by atoms with Gasteiger partial charge in [0.15, 0.2) is 0 Å². The highest BCUT2D eigenvalue weighted by molar-refractivity contribution is 7.08. The lowest BCUT2D eigenvalue weighted by Gasteiger charge is -2.25. The molecule has 1 unspecified atom stereocenters. The maximum absolute atomic E-state index is 12.5. The van der Waals surface area contributed by atoms with Crippen molar-refractivity contribution in [2.24, 2.45) is 0 Å². The molecule has 1 aromatic carbocycles. The molecule has 3 rings (SSSR count). The summed E-state index contributed by atoms with van der Waals surface area (Å²) in [6, 6.07) is 9.09. The van der Waals surface area contributed by atoms with Crippen LogP contribution >= 0.6 is 11.3 Å². The smallest absolute Gasteiger partial charge is 0.246 e. The van der Waals surface area contributed by atoms with Crippen LogP contribution in [0.5, 0.6) is 0 Å². The van der Waals surface area contributed by atoms with E-state index in [-0.39, 0.29) is 11.8 Å². The SMILES string of the molecule is CC1C(=O)Nc2ccccc2CN1C(=O)Cc1ccsc1. The van der Waals surface area contributed by atoms with E-state index in [0.717, 1.165) is 16.8 Å². The normalized spacial score (nSPS) is 17.9. The number of thiophene rings is 1. The minimum absolute atomic E-state index is 0.0206. The largest absolute Gasteiger partial charge is 0.326 e. The Morgan fingerprint density at radius 2 is 2.19 bits per heavy atom. The average Bonchev–Trinajstić information content (AvgIpc) is 2.93. The fourth-order valence-corrected chi connectivity index (χ4v) is 3.12.